The van der Waals surface area contributed by atoms with E-state index in [1.54, 1.807) is 18.2 Å². The first-order valence-electron chi connectivity index (χ1n) is 8.90. The number of esters is 1. The smallest absolute Gasteiger partial charge is 0.323 e. The Morgan fingerprint density at radius 1 is 0.931 bits per heavy atom. The standard InChI is InChI=1S/C23H19NO5/c1-28-21-16-17(14-15-24(26)27)12-13-20(21)29-23(25)22(18-8-4-2-5-9-18)19-10-6-3-7-11-19/h2-16,22H,1H3. The molecular formula is C23H19NO5. The minimum atomic E-state index is -0.601. The van der Waals surface area contributed by atoms with Gasteiger partial charge in [0.05, 0.1) is 12.0 Å². The average Bonchev–Trinajstić information content (AvgIpc) is 2.74. The lowest BCUT2D eigenvalue weighted by atomic mass is 9.91. The molecule has 0 N–H and O–H groups in total. The number of rotatable bonds is 7. The number of nitro groups is 1. The first kappa shape index (κ1) is 19.8. The quantitative estimate of drug-likeness (QED) is 0.254. The van der Waals surface area contributed by atoms with Crippen LogP contribution in [0.3, 0.4) is 0 Å². The van der Waals surface area contributed by atoms with Crippen LogP contribution in [0.15, 0.2) is 85.1 Å². The van der Waals surface area contributed by atoms with E-state index in [1.165, 1.54) is 13.2 Å². The van der Waals surface area contributed by atoms with E-state index in [0.29, 0.717) is 11.3 Å². The highest BCUT2D eigenvalue weighted by Gasteiger charge is 2.25. The van der Waals surface area contributed by atoms with Crippen LogP contribution in [0, 0.1) is 10.1 Å². The van der Waals surface area contributed by atoms with E-state index in [0.717, 1.165) is 17.3 Å². The molecule has 0 fully saturated rings. The van der Waals surface area contributed by atoms with Gasteiger partial charge in [0.2, 0.25) is 6.20 Å². The Bertz CT molecular complexity index is 976. The average molecular weight is 389 g/mol. The summed E-state index contributed by atoms with van der Waals surface area (Å²) in [6.07, 6.45) is 2.17. The summed E-state index contributed by atoms with van der Waals surface area (Å²) in [4.78, 5) is 23.1. The Morgan fingerprint density at radius 3 is 2.03 bits per heavy atom. The summed E-state index contributed by atoms with van der Waals surface area (Å²) in [7, 11) is 1.44. The van der Waals surface area contributed by atoms with Crippen molar-refractivity contribution in [2.45, 2.75) is 5.92 Å². The van der Waals surface area contributed by atoms with E-state index in [9.17, 15) is 14.9 Å². The summed E-state index contributed by atoms with van der Waals surface area (Å²) in [6, 6.07) is 23.5. The Hall–Kier alpha value is -3.93. The van der Waals surface area contributed by atoms with Gasteiger partial charge in [-0.2, -0.15) is 0 Å². The molecule has 0 bridgehead atoms. The predicted octanol–water partition coefficient (Wildman–Crippen LogP) is 4.68. The molecule has 0 amide bonds. The third-order valence-corrected chi connectivity index (χ3v) is 4.29. The van der Waals surface area contributed by atoms with Crippen molar-refractivity contribution in [2.75, 3.05) is 7.11 Å². The van der Waals surface area contributed by atoms with Gasteiger partial charge in [0.1, 0.15) is 5.92 Å². The van der Waals surface area contributed by atoms with Gasteiger partial charge in [-0.25, -0.2) is 0 Å². The van der Waals surface area contributed by atoms with E-state index in [4.69, 9.17) is 9.47 Å². The van der Waals surface area contributed by atoms with E-state index >= 15 is 0 Å². The topological polar surface area (TPSA) is 78.7 Å². The van der Waals surface area contributed by atoms with Crippen molar-refractivity contribution in [3.05, 3.63) is 112 Å². The van der Waals surface area contributed by atoms with Crippen LogP contribution in [-0.2, 0) is 4.79 Å². The van der Waals surface area contributed by atoms with Crippen LogP contribution in [0.4, 0.5) is 0 Å². The van der Waals surface area contributed by atoms with Crippen molar-refractivity contribution >= 4 is 12.0 Å². The summed E-state index contributed by atoms with van der Waals surface area (Å²) in [6.45, 7) is 0. The second-order valence-electron chi connectivity index (χ2n) is 6.19. The van der Waals surface area contributed by atoms with E-state index < -0.39 is 16.8 Å². The summed E-state index contributed by atoms with van der Waals surface area (Å²) >= 11 is 0. The van der Waals surface area contributed by atoms with Crippen LogP contribution in [0.5, 0.6) is 11.5 Å². The lowest BCUT2D eigenvalue weighted by Gasteiger charge is -2.18. The molecule has 0 aromatic heterocycles. The number of hydrogen-bond acceptors (Lipinski definition) is 5. The molecule has 0 aliphatic heterocycles. The van der Waals surface area contributed by atoms with E-state index in [-0.39, 0.29) is 5.75 Å². The largest absolute Gasteiger partial charge is 0.493 e. The fourth-order valence-corrected chi connectivity index (χ4v) is 2.94. The number of carbonyl (C=O) groups is 1. The number of hydrogen-bond donors (Lipinski definition) is 0. The Morgan fingerprint density at radius 2 is 1.52 bits per heavy atom. The fourth-order valence-electron chi connectivity index (χ4n) is 2.94. The van der Waals surface area contributed by atoms with Crippen molar-refractivity contribution in [3.8, 4) is 11.5 Å². The molecule has 3 aromatic rings. The number of ether oxygens (including phenoxy) is 2. The third-order valence-electron chi connectivity index (χ3n) is 4.29. The van der Waals surface area contributed by atoms with E-state index in [1.807, 2.05) is 60.7 Å². The van der Waals surface area contributed by atoms with E-state index in [2.05, 4.69) is 0 Å². The number of carbonyl (C=O) groups excluding carboxylic acids is 1. The minimum Gasteiger partial charge on any atom is -0.493 e. The maximum atomic E-state index is 13.1. The highest BCUT2D eigenvalue weighted by atomic mass is 16.6. The molecule has 6 heteroatoms. The van der Waals surface area contributed by atoms with Crippen molar-refractivity contribution in [1.82, 2.24) is 0 Å². The van der Waals surface area contributed by atoms with Crippen LogP contribution in [0.2, 0.25) is 0 Å². The Kier molecular flexibility index (Phi) is 6.37. The normalized spacial score (nSPS) is 10.8. The van der Waals surface area contributed by atoms with Crippen LogP contribution in [0.1, 0.15) is 22.6 Å². The minimum absolute atomic E-state index is 0.243. The first-order valence-corrected chi connectivity index (χ1v) is 8.90. The Balaban J connectivity index is 1.91. The van der Waals surface area contributed by atoms with Gasteiger partial charge in [0.15, 0.2) is 11.5 Å². The zero-order valence-corrected chi connectivity index (χ0v) is 15.7. The molecule has 0 heterocycles. The fraction of sp³-hybridized carbons (Fsp3) is 0.0870. The summed E-state index contributed by atoms with van der Waals surface area (Å²) < 4.78 is 11.0. The van der Waals surface area contributed by atoms with Gasteiger partial charge in [-0.1, -0.05) is 66.7 Å². The van der Waals surface area contributed by atoms with Crippen molar-refractivity contribution < 1.29 is 19.2 Å². The molecule has 0 saturated carbocycles. The van der Waals surface area contributed by atoms with Crippen LogP contribution >= 0.6 is 0 Å². The lowest BCUT2D eigenvalue weighted by molar-refractivity contribution is -0.400. The van der Waals surface area contributed by atoms with Crippen LogP contribution in [0.25, 0.3) is 6.08 Å². The van der Waals surface area contributed by atoms with Crippen LogP contribution in [-0.4, -0.2) is 18.0 Å². The summed E-state index contributed by atoms with van der Waals surface area (Å²) in [5, 5.41) is 10.5. The molecule has 0 unspecified atom stereocenters. The van der Waals surface area contributed by atoms with Gasteiger partial charge in [0.25, 0.3) is 0 Å². The SMILES string of the molecule is COc1cc(C=C[N+](=O)[O-])ccc1OC(=O)C(c1ccccc1)c1ccccc1. The predicted molar refractivity (Wildman–Crippen MR) is 109 cm³/mol. The molecule has 29 heavy (non-hydrogen) atoms. The maximum Gasteiger partial charge on any atom is 0.323 e. The molecule has 0 spiro atoms. The van der Waals surface area contributed by atoms with Gasteiger partial charge in [-0.05, 0) is 28.8 Å². The Labute approximate surface area is 168 Å². The van der Waals surface area contributed by atoms with Crippen LogP contribution < -0.4 is 9.47 Å². The molecule has 6 nitrogen and oxygen atoms in total. The molecule has 146 valence electrons. The van der Waals surface area contributed by atoms with Gasteiger partial charge in [0, 0.05) is 6.08 Å². The van der Waals surface area contributed by atoms with Crippen molar-refractivity contribution in [1.29, 1.82) is 0 Å². The number of methoxy groups -OCH3 is 1. The van der Waals surface area contributed by atoms with Gasteiger partial charge in [-0.3, -0.25) is 14.9 Å². The highest BCUT2D eigenvalue weighted by Crippen LogP contribution is 2.32. The van der Waals surface area contributed by atoms with Crippen molar-refractivity contribution in [2.24, 2.45) is 0 Å². The second kappa shape index (κ2) is 9.32. The molecule has 0 aliphatic carbocycles. The molecule has 3 rings (SSSR count). The lowest BCUT2D eigenvalue weighted by Crippen LogP contribution is -2.20. The van der Waals surface area contributed by atoms with Gasteiger partial charge in [-0.15, -0.1) is 0 Å². The molecular weight excluding hydrogens is 370 g/mol. The molecule has 0 radical (unpaired) electrons. The maximum absolute atomic E-state index is 13.1. The summed E-state index contributed by atoms with van der Waals surface area (Å²) in [5.41, 5.74) is 2.18. The zero-order valence-electron chi connectivity index (χ0n) is 15.7. The third kappa shape index (κ3) is 5.07. The summed E-state index contributed by atoms with van der Waals surface area (Å²) in [5.74, 6) is -0.498. The van der Waals surface area contributed by atoms with Crippen molar-refractivity contribution in [3.63, 3.8) is 0 Å². The molecule has 0 atom stereocenters. The molecule has 3 aromatic carbocycles. The molecule has 0 aliphatic rings. The number of benzene rings is 3. The second-order valence-corrected chi connectivity index (χ2v) is 6.19. The zero-order chi connectivity index (χ0) is 20.6. The number of nitrogens with zero attached hydrogens (tertiary/aromatic N) is 1. The van der Waals surface area contributed by atoms with Gasteiger partial charge < -0.3 is 9.47 Å². The first-order chi connectivity index (χ1) is 14.1. The van der Waals surface area contributed by atoms with Gasteiger partial charge >= 0.3 is 5.97 Å². The molecule has 0 saturated heterocycles. The monoisotopic (exact) mass is 389 g/mol. The highest BCUT2D eigenvalue weighted by molar-refractivity contribution is 5.84.